The lowest BCUT2D eigenvalue weighted by Gasteiger charge is -2.10. The van der Waals surface area contributed by atoms with Gasteiger partial charge in [0.15, 0.2) is 11.5 Å². The quantitative estimate of drug-likeness (QED) is 0.719. The van der Waals surface area contributed by atoms with Crippen LogP contribution in [0.3, 0.4) is 0 Å². The lowest BCUT2D eigenvalue weighted by Crippen LogP contribution is -2.22. The van der Waals surface area contributed by atoms with Crippen LogP contribution in [-0.2, 0) is 6.54 Å². The normalized spacial score (nSPS) is 10.8. The van der Waals surface area contributed by atoms with Gasteiger partial charge in [-0.25, -0.2) is 0 Å². The van der Waals surface area contributed by atoms with Crippen LogP contribution in [0.2, 0.25) is 0 Å². The maximum atomic E-state index is 12.4. The van der Waals surface area contributed by atoms with E-state index in [1.807, 2.05) is 36.4 Å². The number of benzene rings is 2. The number of ether oxygens (including phenoxy) is 2. The zero-order valence-electron chi connectivity index (χ0n) is 15.1. The molecule has 0 heterocycles. The Labute approximate surface area is 154 Å². The fourth-order valence-electron chi connectivity index (χ4n) is 2.50. The van der Waals surface area contributed by atoms with Crippen molar-refractivity contribution in [1.29, 1.82) is 0 Å². The zero-order chi connectivity index (χ0) is 18.9. The lowest BCUT2D eigenvalue weighted by atomic mass is 10.0. The minimum atomic E-state index is -0.140. The third-order valence-corrected chi connectivity index (χ3v) is 3.90. The van der Waals surface area contributed by atoms with Crippen molar-refractivity contribution in [2.24, 2.45) is 0 Å². The first-order valence-corrected chi connectivity index (χ1v) is 8.17. The van der Waals surface area contributed by atoms with Gasteiger partial charge in [-0.1, -0.05) is 49.6 Å². The minimum absolute atomic E-state index is 0.140. The third kappa shape index (κ3) is 4.63. The minimum Gasteiger partial charge on any atom is -0.493 e. The smallest absolute Gasteiger partial charge is 0.251 e. The molecule has 0 aliphatic carbocycles. The first-order valence-electron chi connectivity index (χ1n) is 8.17. The summed E-state index contributed by atoms with van der Waals surface area (Å²) in [6.45, 7) is 7.88. The van der Waals surface area contributed by atoms with Crippen molar-refractivity contribution in [2.75, 3.05) is 14.2 Å². The number of nitrogens with one attached hydrogen (secondary N) is 1. The molecule has 0 radical (unpaired) electrons. The molecule has 0 saturated heterocycles. The molecule has 0 aliphatic heterocycles. The Bertz CT molecular complexity index is 820. The molecule has 2 aromatic carbocycles. The Hall–Kier alpha value is -3.27. The molecule has 1 N–H and O–H groups in total. The highest BCUT2D eigenvalue weighted by atomic mass is 16.5. The van der Waals surface area contributed by atoms with Crippen molar-refractivity contribution in [2.45, 2.75) is 6.54 Å². The van der Waals surface area contributed by atoms with Gasteiger partial charge >= 0.3 is 0 Å². The average molecular weight is 349 g/mol. The number of carbonyl (C=O) groups excluding carboxylic acids is 1. The Balaban J connectivity index is 2.05. The van der Waals surface area contributed by atoms with Gasteiger partial charge in [0.1, 0.15) is 0 Å². The summed E-state index contributed by atoms with van der Waals surface area (Å²) in [5, 5.41) is 2.91. The molecule has 0 saturated carbocycles. The standard InChI is InChI=1S/C22H23NO3/c1-5-7-17(6-2)18-9-11-19(12-10-18)22(24)23-15-16-8-13-20(25-3)21(14-16)26-4/h5-14H,1-2,15H2,3-4H3,(H,23,24)/b17-7+. The predicted molar refractivity (Wildman–Crippen MR) is 106 cm³/mol. The van der Waals surface area contributed by atoms with Crippen LogP contribution in [-0.4, -0.2) is 20.1 Å². The molecule has 26 heavy (non-hydrogen) atoms. The van der Waals surface area contributed by atoms with Gasteiger partial charge in [0.05, 0.1) is 14.2 Å². The first kappa shape index (κ1) is 19.1. The van der Waals surface area contributed by atoms with Crippen LogP contribution in [0.15, 0.2) is 73.9 Å². The van der Waals surface area contributed by atoms with E-state index in [4.69, 9.17) is 9.47 Å². The topological polar surface area (TPSA) is 47.6 Å². The number of hydrogen-bond acceptors (Lipinski definition) is 3. The summed E-state index contributed by atoms with van der Waals surface area (Å²) in [6, 6.07) is 12.9. The van der Waals surface area contributed by atoms with Gasteiger partial charge in [-0.3, -0.25) is 4.79 Å². The molecule has 0 atom stereocenters. The van der Waals surface area contributed by atoms with E-state index < -0.39 is 0 Å². The van der Waals surface area contributed by atoms with E-state index in [2.05, 4.69) is 18.5 Å². The second kappa shape index (κ2) is 9.28. The SMILES string of the molecule is C=C/C=C(\C=C)c1ccc(C(=O)NCc2ccc(OC)c(OC)c2)cc1. The number of rotatable bonds is 8. The Morgan fingerprint density at radius 1 is 1.00 bits per heavy atom. The van der Waals surface area contributed by atoms with Crippen LogP contribution in [0.4, 0.5) is 0 Å². The van der Waals surface area contributed by atoms with Crippen molar-refractivity contribution >= 4 is 11.5 Å². The Morgan fingerprint density at radius 2 is 1.65 bits per heavy atom. The predicted octanol–water partition coefficient (Wildman–Crippen LogP) is 4.39. The molecule has 2 rings (SSSR count). The number of amides is 1. The van der Waals surface area contributed by atoms with Crippen molar-refractivity contribution in [1.82, 2.24) is 5.32 Å². The molecular formula is C22H23NO3. The molecule has 0 bridgehead atoms. The van der Waals surface area contributed by atoms with E-state index in [0.29, 0.717) is 23.6 Å². The summed E-state index contributed by atoms with van der Waals surface area (Å²) in [7, 11) is 3.17. The molecular weight excluding hydrogens is 326 g/mol. The maximum absolute atomic E-state index is 12.4. The van der Waals surface area contributed by atoms with Gasteiger partial charge in [0.2, 0.25) is 0 Å². The molecule has 2 aromatic rings. The summed E-state index contributed by atoms with van der Waals surface area (Å²) in [4.78, 5) is 12.4. The first-order chi connectivity index (χ1) is 12.6. The van der Waals surface area contributed by atoms with Gasteiger partial charge in [0, 0.05) is 12.1 Å². The van der Waals surface area contributed by atoms with E-state index in [1.54, 1.807) is 38.5 Å². The highest BCUT2D eigenvalue weighted by Gasteiger charge is 2.08. The van der Waals surface area contributed by atoms with Crippen LogP contribution in [0, 0.1) is 0 Å². The van der Waals surface area contributed by atoms with Crippen LogP contribution in [0.1, 0.15) is 21.5 Å². The van der Waals surface area contributed by atoms with Crippen LogP contribution in [0.25, 0.3) is 5.57 Å². The van der Waals surface area contributed by atoms with Gasteiger partial charge in [0.25, 0.3) is 5.91 Å². The van der Waals surface area contributed by atoms with Crippen molar-refractivity contribution in [3.8, 4) is 11.5 Å². The van der Waals surface area contributed by atoms with Gasteiger partial charge in [-0.2, -0.15) is 0 Å². The van der Waals surface area contributed by atoms with E-state index in [0.717, 1.165) is 16.7 Å². The summed E-state index contributed by atoms with van der Waals surface area (Å²) >= 11 is 0. The van der Waals surface area contributed by atoms with Crippen LogP contribution in [0.5, 0.6) is 11.5 Å². The number of allylic oxidation sites excluding steroid dienone is 4. The van der Waals surface area contributed by atoms with E-state index in [1.165, 1.54) is 0 Å². The third-order valence-electron chi connectivity index (χ3n) is 3.90. The molecule has 0 aliphatic rings. The zero-order valence-corrected chi connectivity index (χ0v) is 15.1. The highest BCUT2D eigenvalue weighted by Crippen LogP contribution is 2.27. The van der Waals surface area contributed by atoms with Gasteiger partial charge < -0.3 is 14.8 Å². The van der Waals surface area contributed by atoms with Gasteiger partial charge in [-0.05, 0) is 41.0 Å². The lowest BCUT2D eigenvalue weighted by molar-refractivity contribution is 0.0951. The molecule has 0 fully saturated rings. The van der Waals surface area contributed by atoms with Crippen molar-refractivity contribution < 1.29 is 14.3 Å². The number of carbonyl (C=O) groups is 1. The number of hydrogen-bond donors (Lipinski definition) is 1. The number of methoxy groups -OCH3 is 2. The van der Waals surface area contributed by atoms with E-state index >= 15 is 0 Å². The highest BCUT2D eigenvalue weighted by molar-refractivity contribution is 5.94. The summed E-state index contributed by atoms with van der Waals surface area (Å²) < 4.78 is 10.5. The largest absolute Gasteiger partial charge is 0.493 e. The summed E-state index contributed by atoms with van der Waals surface area (Å²) in [5.74, 6) is 1.15. The summed E-state index contributed by atoms with van der Waals surface area (Å²) in [6.07, 6.45) is 5.34. The second-order valence-corrected chi connectivity index (χ2v) is 5.51. The fraction of sp³-hybridized carbons (Fsp3) is 0.136. The van der Waals surface area contributed by atoms with Crippen LogP contribution < -0.4 is 14.8 Å². The maximum Gasteiger partial charge on any atom is 0.251 e. The average Bonchev–Trinajstić information content (AvgIpc) is 2.70. The molecule has 4 nitrogen and oxygen atoms in total. The molecule has 0 spiro atoms. The van der Waals surface area contributed by atoms with Crippen molar-refractivity contribution in [3.63, 3.8) is 0 Å². The molecule has 4 heteroatoms. The van der Waals surface area contributed by atoms with Gasteiger partial charge in [-0.15, -0.1) is 0 Å². The Kier molecular flexibility index (Phi) is 6.80. The second-order valence-electron chi connectivity index (χ2n) is 5.51. The molecule has 134 valence electrons. The molecule has 1 amide bonds. The van der Waals surface area contributed by atoms with E-state index in [-0.39, 0.29) is 5.91 Å². The summed E-state index contributed by atoms with van der Waals surface area (Å²) in [5.41, 5.74) is 3.46. The van der Waals surface area contributed by atoms with Crippen LogP contribution >= 0.6 is 0 Å². The van der Waals surface area contributed by atoms with Crippen molar-refractivity contribution in [3.05, 3.63) is 90.5 Å². The molecule has 0 aromatic heterocycles. The fourth-order valence-corrected chi connectivity index (χ4v) is 2.50. The monoisotopic (exact) mass is 349 g/mol. The molecule has 0 unspecified atom stereocenters. The van der Waals surface area contributed by atoms with E-state index in [9.17, 15) is 4.79 Å². The Morgan fingerprint density at radius 3 is 2.23 bits per heavy atom.